The molecule has 0 radical (unpaired) electrons. The second kappa shape index (κ2) is 6.40. The predicted octanol–water partition coefficient (Wildman–Crippen LogP) is 2.89. The smallest absolute Gasteiger partial charge is 0.270 e. The second-order valence-corrected chi connectivity index (χ2v) is 6.96. The largest absolute Gasteiger partial charge is 0.357 e. The minimum Gasteiger partial charge on any atom is -0.357 e. The number of fused-ring (bicyclic) bond motifs is 4. The van der Waals surface area contributed by atoms with Crippen molar-refractivity contribution in [3.8, 4) is 0 Å². The van der Waals surface area contributed by atoms with Gasteiger partial charge in [0.1, 0.15) is 11.5 Å². The van der Waals surface area contributed by atoms with Crippen LogP contribution in [0.3, 0.4) is 0 Å². The minimum absolute atomic E-state index is 0.110. The van der Waals surface area contributed by atoms with Gasteiger partial charge in [0.05, 0.1) is 0 Å². The van der Waals surface area contributed by atoms with Crippen molar-refractivity contribution in [1.82, 2.24) is 14.8 Å². The number of aromatic nitrogens is 1. The molecule has 1 amide bonds. The molecule has 0 spiro atoms. The number of carbonyl (C=O) groups is 1. The van der Waals surface area contributed by atoms with E-state index in [1.165, 1.54) is 18.6 Å². The zero-order valence-corrected chi connectivity index (χ0v) is 13.6. The highest BCUT2D eigenvalue weighted by atomic mass is 19.1. The molecule has 2 bridgehead atoms. The summed E-state index contributed by atoms with van der Waals surface area (Å²) < 4.78 is 13.1. The maximum atomic E-state index is 13.1. The maximum Gasteiger partial charge on any atom is 0.270 e. The van der Waals surface area contributed by atoms with Crippen LogP contribution in [0.2, 0.25) is 0 Å². The van der Waals surface area contributed by atoms with Crippen LogP contribution in [-0.2, 0) is 6.54 Å². The van der Waals surface area contributed by atoms with E-state index in [1.54, 1.807) is 6.20 Å². The Bertz CT molecular complexity index is 698. The number of amides is 1. The van der Waals surface area contributed by atoms with E-state index in [0.717, 1.165) is 38.2 Å². The van der Waals surface area contributed by atoms with Gasteiger partial charge >= 0.3 is 0 Å². The fourth-order valence-electron chi connectivity index (χ4n) is 4.02. The Hall–Kier alpha value is -2.14. The van der Waals surface area contributed by atoms with E-state index < -0.39 is 0 Å². The Morgan fingerprint density at radius 2 is 1.96 bits per heavy atom. The summed E-state index contributed by atoms with van der Waals surface area (Å²) >= 11 is 0. The average Bonchev–Trinajstić information content (AvgIpc) is 2.99. The Labute approximate surface area is 141 Å². The van der Waals surface area contributed by atoms with Gasteiger partial charge in [-0.05, 0) is 48.6 Å². The van der Waals surface area contributed by atoms with Gasteiger partial charge in [-0.25, -0.2) is 4.39 Å². The Morgan fingerprint density at radius 3 is 2.71 bits per heavy atom. The molecule has 126 valence electrons. The third kappa shape index (κ3) is 3.08. The van der Waals surface area contributed by atoms with E-state index in [1.807, 2.05) is 29.2 Å². The van der Waals surface area contributed by atoms with Crippen LogP contribution in [0.1, 0.15) is 28.9 Å². The molecule has 3 aliphatic heterocycles. The van der Waals surface area contributed by atoms with Gasteiger partial charge in [-0.2, -0.15) is 0 Å². The lowest BCUT2D eigenvalue weighted by Gasteiger charge is -2.36. The van der Waals surface area contributed by atoms with Crippen molar-refractivity contribution in [3.63, 3.8) is 0 Å². The lowest BCUT2D eigenvalue weighted by molar-refractivity contribution is 0.0579. The summed E-state index contributed by atoms with van der Waals surface area (Å²) in [5.74, 6) is 0.429. The summed E-state index contributed by atoms with van der Waals surface area (Å²) in [5, 5.41) is 0. The number of nitrogens with zero attached hydrogens (tertiary/aromatic N) is 2. The molecule has 1 aromatic carbocycles. The van der Waals surface area contributed by atoms with E-state index in [2.05, 4.69) is 9.88 Å². The maximum absolute atomic E-state index is 13.1. The van der Waals surface area contributed by atoms with Crippen molar-refractivity contribution in [1.29, 1.82) is 0 Å². The molecule has 0 unspecified atom stereocenters. The summed E-state index contributed by atoms with van der Waals surface area (Å²) in [6.07, 6.45) is 4.04. The summed E-state index contributed by atoms with van der Waals surface area (Å²) in [5.41, 5.74) is 1.80. The van der Waals surface area contributed by atoms with Crippen molar-refractivity contribution >= 4 is 5.91 Å². The molecule has 5 rings (SSSR count). The first-order valence-corrected chi connectivity index (χ1v) is 8.60. The van der Waals surface area contributed by atoms with Gasteiger partial charge in [-0.3, -0.25) is 9.69 Å². The van der Waals surface area contributed by atoms with Crippen LogP contribution in [0.4, 0.5) is 4.39 Å². The predicted molar refractivity (Wildman–Crippen MR) is 90.0 cm³/mol. The number of halogens is 1. The zero-order chi connectivity index (χ0) is 16.5. The monoisotopic (exact) mass is 327 g/mol. The van der Waals surface area contributed by atoms with Gasteiger partial charge in [0.2, 0.25) is 0 Å². The first-order valence-electron chi connectivity index (χ1n) is 8.60. The molecule has 4 heterocycles. The van der Waals surface area contributed by atoms with E-state index in [-0.39, 0.29) is 17.8 Å². The van der Waals surface area contributed by atoms with Crippen molar-refractivity contribution in [2.24, 2.45) is 5.92 Å². The third-order valence-corrected chi connectivity index (χ3v) is 5.20. The first-order chi connectivity index (χ1) is 11.7. The summed E-state index contributed by atoms with van der Waals surface area (Å²) in [6, 6.07) is 10.7. The lowest BCUT2D eigenvalue weighted by Crippen LogP contribution is -2.47. The van der Waals surface area contributed by atoms with Gasteiger partial charge in [-0.15, -0.1) is 0 Å². The zero-order valence-electron chi connectivity index (χ0n) is 13.6. The molecule has 5 heteroatoms. The molecule has 0 saturated carbocycles. The standard InChI is InChI=1S/C19H22FN3O/c20-16-6-3-14(4-7-16)10-22-11-15-5-8-17(13-22)23(12-15)19(24)18-2-1-9-21-18/h1-4,6-7,9,15,17,21H,5,8,10-13H2/t15-,17+/m0/s1. The van der Waals surface area contributed by atoms with Crippen LogP contribution in [0.5, 0.6) is 0 Å². The molecule has 24 heavy (non-hydrogen) atoms. The lowest BCUT2D eigenvalue weighted by atomic mass is 9.95. The highest BCUT2D eigenvalue weighted by Crippen LogP contribution is 2.29. The molecule has 3 aliphatic rings. The average molecular weight is 327 g/mol. The van der Waals surface area contributed by atoms with Crippen LogP contribution in [0, 0.1) is 11.7 Å². The number of piperidine rings is 1. The number of H-pyrrole nitrogens is 1. The quantitative estimate of drug-likeness (QED) is 0.941. The molecule has 3 fully saturated rings. The minimum atomic E-state index is -0.197. The number of nitrogens with one attached hydrogen (secondary N) is 1. The van der Waals surface area contributed by atoms with Crippen molar-refractivity contribution in [2.45, 2.75) is 25.4 Å². The van der Waals surface area contributed by atoms with E-state index in [9.17, 15) is 9.18 Å². The highest BCUT2D eigenvalue weighted by molar-refractivity contribution is 5.92. The van der Waals surface area contributed by atoms with Crippen LogP contribution in [0.25, 0.3) is 0 Å². The van der Waals surface area contributed by atoms with Gasteiger partial charge in [0, 0.05) is 38.4 Å². The number of carbonyl (C=O) groups excluding carboxylic acids is 1. The molecule has 0 aliphatic carbocycles. The highest BCUT2D eigenvalue weighted by Gasteiger charge is 2.37. The fraction of sp³-hybridized carbons (Fsp3) is 0.421. The van der Waals surface area contributed by atoms with Crippen LogP contribution >= 0.6 is 0 Å². The summed E-state index contributed by atoms with van der Waals surface area (Å²) in [7, 11) is 0. The number of hydrogen-bond donors (Lipinski definition) is 1. The number of aromatic amines is 1. The third-order valence-electron chi connectivity index (χ3n) is 5.20. The SMILES string of the molecule is O=C(c1ccc[nH]1)N1C[C@H]2CC[C@@H]1CN(Cc1ccc(F)cc1)C2. The second-order valence-electron chi connectivity index (χ2n) is 6.96. The van der Waals surface area contributed by atoms with Crippen LogP contribution in [-0.4, -0.2) is 46.4 Å². The van der Waals surface area contributed by atoms with Crippen molar-refractivity contribution in [2.75, 3.05) is 19.6 Å². The summed E-state index contributed by atoms with van der Waals surface area (Å²) in [4.78, 5) is 20.2. The number of rotatable bonds is 3. The van der Waals surface area contributed by atoms with Crippen molar-refractivity contribution in [3.05, 3.63) is 59.7 Å². The number of benzene rings is 1. The Balaban J connectivity index is 1.48. The molecule has 4 nitrogen and oxygen atoms in total. The van der Waals surface area contributed by atoms with Gasteiger partial charge < -0.3 is 9.88 Å². The van der Waals surface area contributed by atoms with E-state index in [0.29, 0.717) is 11.6 Å². The molecule has 3 saturated heterocycles. The first kappa shape index (κ1) is 15.4. The fourth-order valence-corrected chi connectivity index (χ4v) is 4.02. The van der Waals surface area contributed by atoms with Gasteiger partial charge in [0.25, 0.3) is 5.91 Å². The summed E-state index contributed by atoms with van der Waals surface area (Å²) in [6.45, 7) is 3.54. The molecule has 2 aromatic rings. The van der Waals surface area contributed by atoms with E-state index >= 15 is 0 Å². The van der Waals surface area contributed by atoms with Gasteiger partial charge in [-0.1, -0.05) is 12.1 Å². The van der Waals surface area contributed by atoms with Crippen molar-refractivity contribution < 1.29 is 9.18 Å². The number of hydrogen-bond acceptors (Lipinski definition) is 2. The molecule has 2 atom stereocenters. The van der Waals surface area contributed by atoms with Crippen LogP contribution in [0.15, 0.2) is 42.6 Å². The van der Waals surface area contributed by atoms with Crippen LogP contribution < -0.4 is 0 Å². The molecular weight excluding hydrogens is 305 g/mol. The van der Waals surface area contributed by atoms with Gasteiger partial charge in [0.15, 0.2) is 0 Å². The van der Waals surface area contributed by atoms with E-state index in [4.69, 9.17) is 0 Å². The topological polar surface area (TPSA) is 39.3 Å². The normalized spacial score (nSPS) is 24.1. The Morgan fingerprint density at radius 1 is 1.12 bits per heavy atom. The molecular formula is C19H22FN3O. The molecule has 1 N–H and O–H groups in total. The molecule has 1 aromatic heterocycles. The Kier molecular flexibility index (Phi) is 4.10.